The third-order valence-corrected chi connectivity index (χ3v) is 9.76. The minimum absolute atomic E-state index is 0.0759. The van der Waals surface area contributed by atoms with Crippen molar-refractivity contribution in [2.75, 3.05) is 7.11 Å². The molecule has 0 unspecified atom stereocenters. The molecule has 2 heterocycles. The topological polar surface area (TPSA) is 101 Å². The van der Waals surface area contributed by atoms with Gasteiger partial charge in [0.1, 0.15) is 12.0 Å². The van der Waals surface area contributed by atoms with Crippen molar-refractivity contribution in [3.63, 3.8) is 0 Å². The zero-order chi connectivity index (χ0) is 32.8. The maximum absolute atomic E-state index is 13.9. The summed E-state index contributed by atoms with van der Waals surface area (Å²) in [5, 5.41) is 6.16. The van der Waals surface area contributed by atoms with Crippen LogP contribution in [-0.4, -0.2) is 46.8 Å². The van der Waals surface area contributed by atoms with Gasteiger partial charge >= 0.3 is 0 Å². The fourth-order valence-electron chi connectivity index (χ4n) is 7.45. The summed E-state index contributed by atoms with van der Waals surface area (Å²) in [6.07, 6.45) is 0.748. The molecule has 4 amide bonds. The van der Waals surface area contributed by atoms with Crippen molar-refractivity contribution < 1.29 is 28.7 Å². The molecule has 0 saturated heterocycles. The third-order valence-electron chi connectivity index (χ3n) is 9.76. The lowest BCUT2D eigenvalue weighted by atomic mass is 9.82. The molecule has 48 heavy (non-hydrogen) atoms. The number of ether oxygens (including phenoxy) is 1. The van der Waals surface area contributed by atoms with E-state index in [9.17, 15) is 24.0 Å². The number of methoxy groups -OCH3 is 1. The molecule has 0 atom stereocenters. The average Bonchev–Trinajstić information content (AvgIpc) is 3.13. The molecule has 7 aromatic rings. The van der Waals surface area contributed by atoms with Gasteiger partial charge in [-0.05, 0) is 79.8 Å². The number of fused-ring (bicyclic) bond motifs is 2. The van der Waals surface area contributed by atoms with Gasteiger partial charge in [0.2, 0.25) is 0 Å². The number of benzene rings is 7. The second kappa shape index (κ2) is 10.0. The van der Waals surface area contributed by atoms with Crippen LogP contribution in [0.4, 0.5) is 0 Å². The second-order valence-electron chi connectivity index (χ2n) is 12.2. The Labute approximate surface area is 273 Å². The van der Waals surface area contributed by atoms with Gasteiger partial charge in [0.15, 0.2) is 0 Å². The van der Waals surface area contributed by atoms with E-state index in [1.165, 1.54) is 9.80 Å². The molecule has 230 valence electrons. The third kappa shape index (κ3) is 3.74. The Balaban J connectivity index is 1.19. The van der Waals surface area contributed by atoms with Crippen molar-refractivity contribution >= 4 is 73.0 Å². The van der Waals surface area contributed by atoms with Gasteiger partial charge in [-0.1, -0.05) is 60.7 Å². The van der Waals surface area contributed by atoms with E-state index < -0.39 is 0 Å². The normalized spacial score (nSPS) is 14.3. The van der Waals surface area contributed by atoms with Crippen LogP contribution in [0.5, 0.6) is 5.75 Å². The highest BCUT2D eigenvalue weighted by atomic mass is 16.5. The molecule has 0 bridgehead atoms. The highest BCUT2D eigenvalue weighted by Crippen LogP contribution is 2.46. The Kier molecular flexibility index (Phi) is 5.83. The summed E-state index contributed by atoms with van der Waals surface area (Å²) in [6.45, 7) is 0.204. The van der Waals surface area contributed by atoms with Gasteiger partial charge in [-0.3, -0.25) is 33.8 Å². The lowest BCUT2D eigenvalue weighted by molar-refractivity contribution is 0.0583. The van der Waals surface area contributed by atoms with Crippen molar-refractivity contribution in [1.82, 2.24) is 9.80 Å². The number of hydrogen-bond acceptors (Lipinski definition) is 6. The number of rotatable bonds is 6. The Morgan fingerprint density at radius 1 is 0.479 bits per heavy atom. The highest BCUT2D eigenvalue weighted by Gasteiger charge is 2.37. The fraction of sp³-hybridized carbons (Fsp3) is 0.0750. The molecule has 8 heteroatoms. The lowest BCUT2D eigenvalue weighted by Gasteiger charge is -2.30. The lowest BCUT2D eigenvalue weighted by Crippen LogP contribution is -2.40. The zero-order valence-electron chi connectivity index (χ0n) is 25.6. The van der Waals surface area contributed by atoms with Crippen LogP contribution >= 0.6 is 0 Å². The van der Waals surface area contributed by atoms with Crippen LogP contribution in [0, 0.1) is 0 Å². The van der Waals surface area contributed by atoms with E-state index in [4.69, 9.17) is 4.74 Å². The summed E-state index contributed by atoms with van der Waals surface area (Å²) in [4.78, 5) is 69.1. The summed E-state index contributed by atoms with van der Waals surface area (Å²) in [6, 6.07) is 28.7. The first-order chi connectivity index (χ1) is 23.4. The summed E-state index contributed by atoms with van der Waals surface area (Å²) in [5.74, 6) is -0.812. The van der Waals surface area contributed by atoms with E-state index in [1.807, 2.05) is 36.4 Å². The molecule has 9 rings (SSSR count). The van der Waals surface area contributed by atoms with E-state index in [0.29, 0.717) is 44.3 Å². The van der Waals surface area contributed by atoms with Crippen molar-refractivity contribution in [3.05, 3.63) is 136 Å². The van der Waals surface area contributed by atoms with Gasteiger partial charge in [0, 0.05) is 38.6 Å². The fourth-order valence-corrected chi connectivity index (χ4v) is 7.45. The summed E-state index contributed by atoms with van der Waals surface area (Å²) < 4.78 is 5.25. The number of nitrogens with zero attached hydrogens (tertiary/aromatic N) is 2. The standard InChI is InChI=1S/C40H24N2O6/c1-48-24-8-6-22(7-9-24)19-42-39(46)31-16-12-27-25-10-14-29-35-30(38(45)41(37(29)44)18-21-2-4-23(20-43)5-3-21)15-11-26(33(25)35)28-13-17-32(40(42)47)36(31)34(27)28/h2-17,20H,18-19H2,1H3. The molecule has 2 aliphatic heterocycles. The number of aldehydes is 1. The van der Waals surface area contributed by atoms with Crippen molar-refractivity contribution in [3.8, 4) is 5.75 Å². The van der Waals surface area contributed by atoms with Gasteiger partial charge < -0.3 is 4.74 Å². The van der Waals surface area contributed by atoms with Crippen molar-refractivity contribution in [2.24, 2.45) is 0 Å². The van der Waals surface area contributed by atoms with Crippen molar-refractivity contribution in [2.45, 2.75) is 13.1 Å². The Hall–Kier alpha value is -6.41. The average molecular weight is 629 g/mol. The number of carbonyl (C=O) groups excluding carboxylic acids is 5. The van der Waals surface area contributed by atoms with Crippen LogP contribution in [0.15, 0.2) is 97.1 Å². The molecule has 0 aromatic heterocycles. The van der Waals surface area contributed by atoms with E-state index in [0.717, 1.165) is 49.7 Å². The summed E-state index contributed by atoms with van der Waals surface area (Å²) >= 11 is 0. The Bertz CT molecular complexity index is 2470. The molecule has 2 aliphatic rings. The molecule has 7 aromatic carbocycles. The maximum Gasteiger partial charge on any atom is 0.261 e. The van der Waals surface area contributed by atoms with Crippen molar-refractivity contribution in [1.29, 1.82) is 0 Å². The smallest absolute Gasteiger partial charge is 0.261 e. The van der Waals surface area contributed by atoms with Gasteiger partial charge in [-0.15, -0.1) is 0 Å². The molecule has 0 spiro atoms. The summed E-state index contributed by atoms with van der Waals surface area (Å²) in [7, 11) is 1.58. The Morgan fingerprint density at radius 3 is 1.17 bits per heavy atom. The number of amides is 4. The molecule has 0 saturated carbocycles. The monoisotopic (exact) mass is 628 g/mol. The molecule has 0 fully saturated rings. The van der Waals surface area contributed by atoms with E-state index in [-0.39, 0.29) is 36.7 Å². The van der Waals surface area contributed by atoms with Gasteiger partial charge in [0.05, 0.1) is 20.2 Å². The van der Waals surface area contributed by atoms with Crippen LogP contribution in [0.1, 0.15) is 62.9 Å². The predicted octanol–water partition coefficient (Wildman–Crippen LogP) is 7.15. The van der Waals surface area contributed by atoms with Gasteiger partial charge in [-0.2, -0.15) is 0 Å². The molecule has 0 radical (unpaired) electrons. The number of imide groups is 2. The first kappa shape index (κ1) is 27.9. The maximum atomic E-state index is 13.9. The first-order valence-corrected chi connectivity index (χ1v) is 15.5. The second-order valence-corrected chi connectivity index (χ2v) is 12.2. The van der Waals surface area contributed by atoms with E-state index in [2.05, 4.69) is 0 Å². The van der Waals surface area contributed by atoms with Crippen LogP contribution in [0.25, 0.3) is 43.1 Å². The van der Waals surface area contributed by atoms with Crippen LogP contribution in [0.2, 0.25) is 0 Å². The van der Waals surface area contributed by atoms with Gasteiger partial charge in [0.25, 0.3) is 23.6 Å². The van der Waals surface area contributed by atoms with Crippen LogP contribution < -0.4 is 4.74 Å². The van der Waals surface area contributed by atoms with E-state index >= 15 is 0 Å². The number of carbonyl (C=O) groups is 5. The highest BCUT2D eigenvalue weighted by molar-refractivity contribution is 6.41. The van der Waals surface area contributed by atoms with Crippen LogP contribution in [0.3, 0.4) is 0 Å². The molecule has 0 aliphatic carbocycles. The van der Waals surface area contributed by atoms with Crippen LogP contribution in [-0.2, 0) is 13.1 Å². The quantitative estimate of drug-likeness (QED) is 0.0839. The zero-order valence-corrected chi connectivity index (χ0v) is 25.6. The molecule has 8 nitrogen and oxygen atoms in total. The minimum Gasteiger partial charge on any atom is -0.497 e. The van der Waals surface area contributed by atoms with Gasteiger partial charge in [-0.25, -0.2) is 0 Å². The van der Waals surface area contributed by atoms with E-state index in [1.54, 1.807) is 67.8 Å². The SMILES string of the molecule is COc1ccc(CN2C(=O)c3ccc4c5ccc6c7c(ccc(c8ccc(c3c48)C2=O)c75)C(=O)N(Cc2ccc(C=O)cc2)C6=O)cc1. The molecule has 0 N–H and O–H groups in total. The Morgan fingerprint density at radius 2 is 0.833 bits per heavy atom. The number of hydrogen-bond donors (Lipinski definition) is 0. The predicted molar refractivity (Wildman–Crippen MR) is 181 cm³/mol. The summed E-state index contributed by atoms with van der Waals surface area (Å²) in [5.41, 5.74) is 3.83. The largest absolute Gasteiger partial charge is 0.497 e. The first-order valence-electron chi connectivity index (χ1n) is 15.5. The minimum atomic E-state index is -0.389. The molecular weight excluding hydrogens is 604 g/mol. The molecular formula is C40H24N2O6.